The Labute approximate surface area is 178 Å². The highest BCUT2D eigenvalue weighted by molar-refractivity contribution is 7.89. The first kappa shape index (κ1) is 22.6. The number of hydrogen-bond acceptors (Lipinski definition) is 4. The zero-order chi connectivity index (χ0) is 21.9. The molecule has 1 unspecified atom stereocenters. The van der Waals surface area contributed by atoms with Crippen LogP contribution in [-0.4, -0.2) is 43.0 Å². The highest BCUT2D eigenvalue weighted by Crippen LogP contribution is 2.26. The maximum absolute atomic E-state index is 13.6. The lowest BCUT2D eigenvalue weighted by atomic mass is 10.1. The average Bonchev–Trinajstić information content (AvgIpc) is 2.95. The maximum atomic E-state index is 13.6. The molecule has 2 N–H and O–H groups in total. The summed E-state index contributed by atoms with van der Waals surface area (Å²) in [6.07, 6.45) is -0.275. The van der Waals surface area contributed by atoms with Crippen molar-refractivity contribution in [1.29, 1.82) is 0 Å². The van der Waals surface area contributed by atoms with Gasteiger partial charge in [0.2, 0.25) is 10.0 Å². The number of carbonyl (C=O) groups excluding carboxylic acids is 1. The van der Waals surface area contributed by atoms with Gasteiger partial charge in [-0.25, -0.2) is 17.2 Å². The number of rotatable bonds is 5. The number of nitrogens with zero attached hydrogens (tertiary/aromatic N) is 1. The molecule has 0 aromatic heterocycles. The first-order valence-electron chi connectivity index (χ1n) is 9.37. The fourth-order valence-corrected chi connectivity index (χ4v) is 5.17. The van der Waals surface area contributed by atoms with E-state index in [0.717, 1.165) is 6.07 Å². The Morgan fingerprint density at radius 1 is 1.20 bits per heavy atom. The Hall–Kier alpha value is -2.07. The quantitative estimate of drug-likeness (QED) is 0.714. The molecule has 1 saturated heterocycles. The van der Waals surface area contributed by atoms with Crippen LogP contribution < -0.4 is 5.32 Å². The minimum atomic E-state index is -4.04. The van der Waals surface area contributed by atoms with Crippen LogP contribution in [-0.2, 0) is 16.6 Å². The number of anilines is 1. The van der Waals surface area contributed by atoms with E-state index >= 15 is 0 Å². The molecule has 10 heteroatoms. The third-order valence-electron chi connectivity index (χ3n) is 4.91. The number of nitrogens with one attached hydrogen (secondary N) is 1. The van der Waals surface area contributed by atoms with Crippen LogP contribution in [0.5, 0.6) is 0 Å². The minimum Gasteiger partial charge on any atom is -0.392 e. The van der Waals surface area contributed by atoms with Crippen molar-refractivity contribution < 1.29 is 27.1 Å². The van der Waals surface area contributed by atoms with E-state index in [1.54, 1.807) is 0 Å². The van der Waals surface area contributed by atoms with Crippen molar-refractivity contribution in [2.24, 2.45) is 0 Å². The second kappa shape index (κ2) is 9.38. The van der Waals surface area contributed by atoms with Gasteiger partial charge in [-0.1, -0.05) is 17.7 Å². The summed E-state index contributed by atoms with van der Waals surface area (Å²) in [6, 6.07) is 7.57. The van der Waals surface area contributed by atoms with Crippen LogP contribution in [0.15, 0.2) is 41.3 Å². The third kappa shape index (κ3) is 4.97. The van der Waals surface area contributed by atoms with E-state index in [4.69, 9.17) is 11.6 Å². The van der Waals surface area contributed by atoms with Crippen LogP contribution in [0.25, 0.3) is 0 Å². The van der Waals surface area contributed by atoms with E-state index in [1.807, 2.05) is 0 Å². The molecule has 3 rings (SSSR count). The Morgan fingerprint density at radius 3 is 2.67 bits per heavy atom. The molecule has 1 amide bonds. The third-order valence-corrected chi connectivity index (χ3v) is 7.18. The summed E-state index contributed by atoms with van der Waals surface area (Å²) in [5, 5.41) is 12.0. The van der Waals surface area contributed by atoms with E-state index < -0.39 is 34.5 Å². The second-order valence-corrected chi connectivity index (χ2v) is 9.31. The number of aliphatic hydroxyl groups excluding tert-OH is 1. The van der Waals surface area contributed by atoms with Crippen LogP contribution >= 0.6 is 11.6 Å². The highest BCUT2D eigenvalue weighted by Gasteiger charge is 2.30. The first-order chi connectivity index (χ1) is 14.2. The Kier molecular flexibility index (Phi) is 7.07. The van der Waals surface area contributed by atoms with E-state index in [2.05, 4.69) is 5.32 Å². The van der Waals surface area contributed by atoms with Crippen molar-refractivity contribution in [3.05, 3.63) is 58.4 Å². The largest absolute Gasteiger partial charge is 0.392 e. The van der Waals surface area contributed by atoms with Gasteiger partial charge in [-0.3, -0.25) is 4.79 Å². The molecule has 2 aromatic carbocycles. The number of benzene rings is 2. The predicted octanol–water partition coefficient (Wildman–Crippen LogP) is 3.74. The maximum Gasteiger partial charge on any atom is 0.255 e. The van der Waals surface area contributed by atoms with Crippen molar-refractivity contribution >= 4 is 33.2 Å². The summed E-state index contributed by atoms with van der Waals surface area (Å²) < 4.78 is 54.4. The Morgan fingerprint density at radius 2 is 1.97 bits per heavy atom. The topological polar surface area (TPSA) is 86.7 Å². The molecular weight excluding hydrogens is 438 g/mol. The van der Waals surface area contributed by atoms with Crippen molar-refractivity contribution in [3.8, 4) is 0 Å². The number of sulfonamides is 1. The van der Waals surface area contributed by atoms with Crippen LogP contribution in [0.3, 0.4) is 0 Å². The molecule has 6 nitrogen and oxygen atoms in total. The number of hydrogen-bond donors (Lipinski definition) is 2. The summed E-state index contributed by atoms with van der Waals surface area (Å²) >= 11 is 5.71. The van der Waals surface area contributed by atoms with E-state index in [-0.39, 0.29) is 46.2 Å². The zero-order valence-electron chi connectivity index (χ0n) is 15.9. The lowest BCUT2D eigenvalue weighted by molar-refractivity contribution is 0.102. The highest BCUT2D eigenvalue weighted by atomic mass is 35.5. The molecule has 0 saturated carbocycles. The minimum absolute atomic E-state index is 0.0267. The smallest absolute Gasteiger partial charge is 0.255 e. The molecule has 162 valence electrons. The van der Waals surface area contributed by atoms with Gasteiger partial charge in [0, 0.05) is 24.3 Å². The lowest BCUT2D eigenvalue weighted by Crippen LogP contribution is -2.33. The number of carbonyl (C=O) groups is 1. The van der Waals surface area contributed by atoms with Gasteiger partial charge in [-0.05, 0) is 55.2 Å². The number of alkyl halides is 1. The van der Waals surface area contributed by atoms with Gasteiger partial charge in [0.15, 0.2) is 0 Å². The van der Waals surface area contributed by atoms with E-state index in [0.29, 0.717) is 12.8 Å². The number of amides is 1. The van der Waals surface area contributed by atoms with Crippen molar-refractivity contribution in [2.45, 2.75) is 36.9 Å². The molecule has 1 aliphatic heterocycles. The lowest BCUT2D eigenvalue weighted by Gasteiger charge is -2.22. The fraction of sp³-hybridized carbons (Fsp3) is 0.350. The van der Waals surface area contributed by atoms with Crippen molar-refractivity contribution in [1.82, 2.24) is 4.31 Å². The standard InChI is InChI=1S/C20H21ClF2N2O4S/c21-17-11-16(5-6-18(17)23)24-20(27)13-3-4-14(12-26)19(10-13)30(28,29)25-8-1-2-15(22)7-9-25/h3-6,10-11,15,26H,1-2,7-9,12H2,(H,24,27). The van der Waals surface area contributed by atoms with Crippen LogP contribution in [0, 0.1) is 5.82 Å². The van der Waals surface area contributed by atoms with E-state index in [9.17, 15) is 27.1 Å². The predicted molar refractivity (Wildman–Crippen MR) is 109 cm³/mol. The normalized spacial score (nSPS) is 18.1. The summed E-state index contributed by atoms with van der Waals surface area (Å²) in [6.45, 7) is -0.347. The molecule has 0 radical (unpaired) electrons. The van der Waals surface area contributed by atoms with Crippen LogP contribution in [0.2, 0.25) is 5.02 Å². The van der Waals surface area contributed by atoms with Gasteiger partial charge in [-0.2, -0.15) is 4.31 Å². The first-order valence-corrected chi connectivity index (χ1v) is 11.2. The van der Waals surface area contributed by atoms with Crippen LogP contribution in [0.4, 0.5) is 14.5 Å². The molecule has 1 atom stereocenters. The Bertz CT molecular complexity index is 1050. The molecule has 1 fully saturated rings. The molecule has 0 bridgehead atoms. The summed E-state index contributed by atoms with van der Waals surface area (Å²) in [5.74, 6) is -1.26. The zero-order valence-corrected chi connectivity index (χ0v) is 17.5. The van der Waals surface area contributed by atoms with Crippen molar-refractivity contribution in [3.63, 3.8) is 0 Å². The second-order valence-electron chi connectivity index (χ2n) is 7.00. The molecule has 30 heavy (non-hydrogen) atoms. The average molecular weight is 459 g/mol. The molecule has 0 spiro atoms. The molecular formula is C20H21ClF2N2O4S. The van der Waals surface area contributed by atoms with Gasteiger partial charge >= 0.3 is 0 Å². The Balaban J connectivity index is 1.90. The summed E-state index contributed by atoms with van der Waals surface area (Å²) in [4.78, 5) is 12.4. The molecule has 0 aliphatic carbocycles. The summed E-state index contributed by atoms with van der Waals surface area (Å²) in [7, 11) is -4.04. The molecule has 1 aliphatic rings. The number of aliphatic hydroxyl groups is 1. The van der Waals surface area contributed by atoms with Gasteiger partial charge in [0.05, 0.1) is 16.5 Å². The van der Waals surface area contributed by atoms with Gasteiger partial charge in [0.25, 0.3) is 5.91 Å². The SMILES string of the molecule is O=C(Nc1ccc(F)c(Cl)c1)c1ccc(CO)c(S(=O)(=O)N2CCCC(F)CC2)c1. The fourth-order valence-electron chi connectivity index (χ4n) is 3.25. The monoisotopic (exact) mass is 458 g/mol. The van der Waals surface area contributed by atoms with E-state index in [1.165, 1.54) is 34.6 Å². The van der Waals surface area contributed by atoms with Crippen molar-refractivity contribution in [2.75, 3.05) is 18.4 Å². The molecule has 1 heterocycles. The van der Waals surface area contributed by atoms with Crippen LogP contribution in [0.1, 0.15) is 35.2 Å². The van der Waals surface area contributed by atoms with Gasteiger partial charge < -0.3 is 10.4 Å². The summed E-state index contributed by atoms with van der Waals surface area (Å²) in [5.41, 5.74) is 0.408. The van der Waals surface area contributed by atoms with Gasteiger partial charge in [0.1, 0.15) is 12.0 Å². The van der Waals surface area contributed by atoms with Gasteiger partial charge in [-0.15, -0.1) is 0 Å². The molecule has 2 aromatic rings. The number of halogens is 3.